The van der Waals surface area contributed by atoms with Crippen molar-refractivity contribution >= 4 is 41.0 Å². The highest BCUT2D eigenvalue weighted by Crippen LogP contribution is 2.28. The minimum absolute atomic E-state index is 0.133. The van der Waals surface area contributed by atoms with Crippen molar-refractivity contribution in [2.24, 2.45) is 0 Å². The molecule has 0 spiro atoms. The summed E-state index contributed by atoms with van der Waals surface area (Å²) in [6.45, 7) is 4.02. The highest BCUT2D eigenvalue weighted by molar-refractivity contribution is 6.30. The van der Waals surface area contributed by atoms with Crippen molar-refractivity contribution in [1.82, 2.24) is 4.90 Å². The SMILES string of the molecule is CCOC(=O)c1ccc(N2C(=O)CC(N(CCc3cccc(Cl)c3)C(=O)c3ccccc3C)C2=O)cc1. The molecule has 8 heteroatoms. The van der Waals surface area contributed by atoms with E-state index in [2.05, 4.69) is 0 Å². The van der Waals surface area contributed by atoms with Crippen molar-refractivity contribution in [2.75, 3.05) is 18.1 Å². The predicted octanol–water partition coefficient (Wildman–Crippen LogP) is 4.84. The molecule has 0 bridgehead atoms. The molecule has 1 aliphatic rings. The van der Waals surface area contributed by atoms with Crippen molar-refractivity contribution < 1.29 is 23.9 Å². The van der Waals surface area contributed by atoms with Gasteiger partial charge < -0.3 is 9.64 Å². The van der Waals surface area contributed by atoms with E-state index >= 15 is 0 Å². The van der Waals surface area contributed by atoms with Crippen molar-refractivity contribution in [2.45, 2.75) is 32.7 Å². The number of rotatable bonds is 8. The first kappa shape index (κ1) is 26.1. The number of benzene rings is 3. The molecular formula is C29H27ClN2O5. The summed E-state index contributed by atoms with van der Waals surface area (Å²) in [5.74, 6) is -1.70. The Kier molecular flexibility index (Phi) is 8.04. The summed E-state index contributed by atoms with van der Waals surface area (Å²) in [6, 6.07) is 19.6. The van der Waals surface area contributed by atoms with Crippen LogP contribution in [0.3, 0.4) is 0 Å². The van der Waals surface area contributed by atoms with Crippen molar-refractivity contribution in [3.8, 4) is 0 Å². The van der Waals surface area contributed by atoms with E-state index in [1.165, 1.54) is 29.2 Å². The van der Waals surface area contributed by atoms with Crippen LogP contribution in [0.5, 0.6) is 0 Å². The van der Waals surface area contributed by atoms with Gasteiger partial charge >= 0.3 is 5.97 Å². The third-order valence-corrected chi connectivity index (χ3v) is 6.54. The highest BCUT2D eigenvalue weighted by atomic mass is 35.5. The fraction of sp³-hybridized carbons (Fsp3) is 0.241. The Bertz CT molecular complexity index is 1340. The Morgan fingerprint density at radius 3 is 2.43 bits per heavy atom. The number of carbonyl (C=O) groups excluding carboxylic acids is 4. The van der Waals surface area contributed by atoms with Crippen LogP contribution in [0.4, 0.5) is 5.69 Å². The van der Waals surface area contributed by atoms with Gasteiger partial charge in [-0.3, -0.25) is 14.4 Å². The van der Waals surface area contributed by atoms with Gasteiger partial charge in [-0.25, -0.2) is 9.69 Å². The topological polar surface area (TPSA) is 84.0 Å². The number of hydrogen-bond donors (Lipinski definition) is 0. The molecule has 1 atom stereocenters. The van der Waals surface area contributed by atoms with E-state index in [1.54, 1.807) is 25.1 Å². The minimum atomic E-state index is -0.955. The lowest BCUT2D eigenvalue weighted by Gasteiger charge is -2.28. The molecule has 3 aromatic carbocycles. The molecule has 3 aromatic rings. The minimum Gasteiger partial charge on any atom is -0.462 e. The fourth-order valence-corrected chi connectivity index (χ4v) is 4.61. The van der Waals surface area contributed by atoms with Crippen LogP contribution in [0.1, 0.15) is 45.2 Å². The number of amides is 3. The molecule has 7 nitrogen and oxygen atoms in total. The number of hydrogen-bond acceptors (Lipinski definition) is 5. The van der Waals surface area contributed by atoms with Gasteiger partial charge in [-0.2, -0.15) is 0 Å². The number of esters is 1. The quantitative estimate of drug-likeness (QED) is 0.314. The molecule has 37 heavy (non-hydrogen) atoms. The Morgan fingerprint density at radius 1 is 1.03 bits per heavy atom. The summed E-state index contributed by atoms with van der Waals surface area (Å²) >= 11 is 6.13. The standard InChI is InChI=1S/C29H27ClN2O5/c1-3-37-29(36)21-11-13-23(14-12-21)32-26(33)18-25(28(32)35)31(16-15-20-8-6-9-22(30)17-20)27(34)24-10-5-4-7-19(24)2/h4-14,17,25H,3,15-16,18H2,1-2H3. The van der Waals surface area contributed by atoms with Crippen LogP contribution in [0, 0.1) is 6.92 Å². The summed E-state index contributed by atoms with van der Waals surface area (Å²) in [4.78, 5) is 54.8. The second kappa shape index (κ2) is 11.4. The average molecular weight is 519 g/mol. The van der Waals surface area contributed by atoms with E-state index in [9.17, 15) is 19.2 Å². The monoisotopic (exact) mass is 518 g/mol. The number of aryl methyl sites for hydroxylation is 1. The van der Waals surface area contributed by atoms with E-state index in [0.29, 0.717) is 28.3 Å². The van der Waals surface area contributed by atoms with Crippen LogP contribution in [0.25, 0.3) is 0 Å². The lowest BCUT2D eigenvalue weighted by Crippen LogP contribution is -2.46. The molecule has 0 aromatic heterocycles. The largest absolute Gasteiger partial charge is 0.462 e. The number of halogens is 1. The van der Waals surface area contributed by atoms with Gasteiger partial charge in [0.1, 0.15) is 6.04 Å². The first-order valence-electron chi connectivity index (χ1n) is 12.0. The number of imide groups is 1. The molecule has 190 valence electrons. The van der Waals surface area contributed by atoms with Gasteiger partial charge in [-0.1, -0.05) is 41.9 Å². The zero-order chi connectivity index (χ0) is 26.5. The Balaban J connectivity index is 1.62. The maximum Gasteiger partial charge on any atom is 0.338 e. The van der Waals surface area contributed by atoms with Crippen molar-refractivity contribution in [3.63, 3.8) is 0 Å². The Morgan fingerprint density at radius 2 is 1.76 bits per heavy atom. The summed E-state index contributed by atoms with van der Waals surface area (Å²) in [5.41, 5.74) is 2.83. The first-order valence-corrected chi connectivity index (χ1v) is 12.4. The molecular weight excluding hydrogens is 492 g/mol. The maximum absolute atomic E-state index is 13.7. The van der Waals surface area contributed by atoms with Crippen molar-refractivity contribution in [1.29, 1.82) is 0 Å². The second-order valence-electron chi connectivity index (χ2n) is 8.75. The molecule has 1 aliphatic heterocycles. The number of carbonyl (C=O) groups is 4. The number of ether oxygens (including phenoxy) is 1. The van der Waals surface area contributed by atoms with E-state index < -0.39 is 23.8 Å². The van der Waals surface area contributed by atoms with Crippen LogP contribution in [0.2, 0.25) is 5.02 Å². The molecule has 1 fully saturated rings. The van der Waals surface area contributed by atoms with Gasteiger partial charge in [0.2, 0.25) is 5.91 Å². The third kappa shape index (κ3) is 5.73. The van der Waals surface area contributed by atoms with E-state index in [1.807, 2.05) is 37.3 Å². The first-order chi connectivity index (χ1) is 17.8. The third-order valence-electron chi connectivity index (χ3n) is 6.30. The molecule has 0 saturated carbocycles. The van der Waals surface area contributed by atoms with E-state index in [4.69, 9.17) is 16.3 Å². The van der Waals surface area contributed by atoms with Gasteiger partial charge in [-0.05, 0) is 73.9 Å². The number of nitrogens with zero attached hydrogens (tertiary/aromatic N) is 2. The smallest absolute Gasteiger partial charge is 0.338 e. The fourth-order valence-electron chi connectivity index (χ4n) is 4.40. The molecule has 4 rings (SSSR count). The predicted molar refractivity (Wildman–Crippen MR) is 141 cm³/mol. The van der Waals surface area contributed by atoms with E-state index in [-0.39, 0.29) is 25.5 Å². The summed E-state index contributed by atoms with van der Waals surface area (Å²) in [7, 11) is 0. The highest BCUT2D eigenvalue weighted by Gasteiger charge is 2.44. The molecule has 1 heterocycles. The Hall–Kier alpha value is -3.97. The van der Waals surface area contributed by atoms with Gasteiger partial charge in [-0.15, -0.1) is 0 Å². The van der Waals surface area contributed by atoms with E-state index in [0.717, 1.165) is 16.0 Å². The molecule has 1 saturated heterocycles. The molecule has 0 aliphatic carbocycles. The average Bonchev–Trinajstić information content (AvgIpc) is 3.18. The second-order valence-corrected chi connectivity index (χ2v) is 9.18. The molecule has 0 radical (unpaired) electrons. The zero-order valence-electron chi connectivity index (χ0n) is 20.6. The Labute approximate surface area is 220 Å². The van der Waals surface area contributed by atoms with Crippen LogP contribution in [0.15, 0.2) is 72.8 Å². The zero-order valence-corrected chi connectivity index (χ0v) is 21.4. The van der Waals surface area contributed by atoms with Crippen LogP contribution in [-0.4, -0.2) is 47.8 Å². The maximum atomic E-state index is 13.7. The lowest BCUT2D eigenvalue weighted by molar-refractivity contribution is -0.122. The van der Waals surface area contributed by atoms with Crippen LogP contribution in [-0.2, 0) is 20.7 Å². The number of anilines is 1. The van der Waals surface area contributed by atoms with Gasteiger partial charge in [0, 0.05) is 17.1 Å². The summed E-state index contributed by atoms with van der Waals surface area (Å²) in [5, 5.41) is 0.582. The normalized spacial score (nSPS) is 15.1. The molecule has 3 amide bonds. The molecule has 0 N–H and O–H groups in total. The lowest BCUT2D eigenvalue weighted by atomic mass is 10.0. The molecule has 1 unspecified atom stereocenters. The van der Waals surface area contributed by atoms with Gasteiger partial charge in [0.25, 0.3) is 11.8 Å². The summed E-state index contributed by atoms with van der Waals surface area (Å²) in [6.07, 6.45) is 0.329. The van der Waals surface area contributed by atoms with Gasteiger partial charge in [0.15, 0.2) is 0 Å². The van der Waals surface area contributed by atoms with Gasteiger partial charge in [0.05, 0.1) is 24.3 Å². The van der Waals surface area contributed by atoms with Crippen molar-refractivity contribution in [3.05, 3.63) is 100 Å². The van der Waals surface area contributed by atoms with Crippen LogP contribution < -0.4 is 4.90 Å². The van der Waals surface area contributed by atoms with Crippen LogP contribution >= 0.6 is 11.6 Å². The summed E-state index contributed by atoms with van der Waals surface area (Å²) < 4.78 is 4.99.